The largest absolute Gasteiger partial charge is 0.466 e. The number of H-pyrrole nitrogens is 1. The van der Waals surface area contributed by atoms with E-state index in [1.165, 1.54) is 16.3 Å². The topological polar surface area (TPSA) is 94.1 Å². The van der Waals surface area contributed by atoms with Gasteiger partial charge in [0.15, 0.2) is 5.16 Å². The summed E-state index contributed by atoms with van der Waals surface area (Å²) in [4.78, 5) is 34.3. The molecule has 0 aliphatic carbocycles. The molecule has 0 unspecified atom stereocenters. The zero-order valence-electron chi connectivity index (χ0n) is 11.8. The average Bonchev–Trinajstić information content (AvgIpc) is 2.75. The lowest BCUT2D eigenvalue weighted by Crippen LogP contribution is -2.19. The number of nitrogens with one attached hydrogen (secondary N) is 1. The third-order valence-electron chi connectivity index (χ3n) is 2.46. The molecule has 1 aromatic heterocycles. The second kappa shape index (κ2) is 7.88. The molecule has 0 amide bonds. The highest BCUT2D eigenvalue weighted by Gasteiger charge is 2.14. The quantitative estimate of drug-likeness (QED) is 0.572. The van der Waals surface area contributed by atoms with Crippen molar-refractivity contribution < 1.29 is 14.3 Å². The van der Waals surface area contributed by atoms with E-state index in [4.69, 9.17) is 4.74 Å². The van der Waals surface area contributed by atoms with Crippen molar-refractivity contribution in [3.8, 4) is 0 Å². The number of ether oxygens (including phenoxy) is 1. The minimum absolute atomic E-state index is 0.0293. The summed E-state index contributed by atoms with van der Waals surface area (Å²) in [5, 5.41) is 6.72. The predicted molar refractivity (Wildman–Crippen MR) is 74.8 cm³/mol. The van der Waals surface area contributed by atoms with Gasteiger partial charge in [-0.2, -0.15) is 0 Å². The summed E-state index contributed by atoms with van der Waals surface area (Å²) in [6.45, 7) is 5.77. The molecule has 1 rings (SSSR count). The molecule has 0 bridgehead atoms. The second-order valence-corrected chi connectivity index (χ2v) is 5.35. The summed E-state index contributed by atoms with van der Waals surface area (Å²) in [5.74, 6) is -0.269. The zero-order valence-corrected chi connectivity index (χ0v) is 12.7. The fourth-order valence-electron chi connectivity index (χ4n) is 1.54. The van der Waals surface area contributed by atoms with E-state index in [0.717, 1.165) is 0 Å². The second-order valence-electron chi connectivity index (χ2n) is 4.41. The highest BCUT2D eigenvalue weighted by Crippen LogP contribution is 2.17. The van der Waals surface area contributed by atoms with Crippen molar-refractivity contribution in [2.24, 2.45) is 0 Å². The molecule has 0 aliphatic rings. The van der Waals surface area contributed by atoms with Crippen LogP contribution in [0.4, 0.5) is 0 Å². The van der Waals surface area contributed by atoms with Crippen LogP contribution in [0.25, 0.3) is 0 Å². The van der Waals surface area contributed by atoms with E-state index in [0.29, 0.717) is 11.8 Å². The summed E-state index contributed by atoms with van der Waals surface area (Å²) in [7, 11) is 0. The smallest absolute Gasteiger partial charge is 0.344 e. The van der Waals surface area contributed by atoms with Crippen LogP contribution in [0.15, 0.2) is 9.95 Å². The normalized spacial score (nSPS) is 10.8. The summed E-state index contributed by atoms with van der Waals surface area (Å²) >= 11 is 1.19. The van der Waals surface area contributed by atoms with Crippen molar-refractivity contribution in [3.63, 3.8) is 0 Å². The number of nitrogens with zero attached hydrogens (tertiary/aromatic N) is 2. The van der Waals surface area contributed by atoms with Crippen molar-refractivity contribution in [2.45, 2.75) is 44.8 Å². The van der Waals surface area contributed by atoms with Crippen molar-refractivity contribution in [1.82, 2.24) is 14.8 Å². The van der Waals surface area contributed by atoms with Crippen LogP contribution in [0.2, 0.25) is 0 Å². The van der Waals surface area contributed by atoms with Crippen LogP contribution in [0.1, 0.15) is 39.7 Å². The third kappa shape index (κ3) is 4.84. The SMILES string of the molecule is CCOC(=O)CCC(=O)CSc1n[nH]c(=O)n1C(C)C. The van der Waals surface area contributed by atoms with Gasteiger partial charge in [0.2, 0.25) is 0 Å². The molecule has 7 nitrogen and oxygen atoms in total. The Morgan fingerprint density at radius 1 is 1.40 bits per heavy atom. The maximum atomic E-state index is 11.7. The number of esters is 1. The zero-order chi connectivity index (χ0) is 15.1. The maximum absolute atomic E-state index is 11.7. The van der Waals surface area contributed by atoms with Gasteiger partial charge in [0, 0.05) is 12.5 Å². The van der Waals surface area contributed by atoms with Crippen LogP contribution in [-0.4, -0.2) is 38.9 Å². The monoisotopic (exact) mass is 301 g/mol. The molecule has 0 aromatic carbocycles. The Labute approximate surface area is 121 Å². The lowest BCUT2D eigenvalue weighted by molar-refractivity contribution is -0.144. The first-order chi connectivity index (χ1) is 9.45. The molecule has 0 aliphatic heterocycles. The van der Waals surface area contributed by atoms with Gasteiger partial charge >= 0.3 is 11.7 Å². The maximum Gasteiger partial charge on any atom is 0.344 e. The molecule has 8 heteroatoms. The van der Waals surface area contributed by atoms with Crippen molar-refractivity contribution in [2.75, 3.05) is 12.4 Å². The standard InChI is InChI=1S/C12H19N3O4S/c1-4-19-10(17)6-5-9(16)7-20-12-14-13-11(18)15(12)8(2)3/h8H,4-7H2,1-3H3,(H,13,18). The van der Waals surface area contributed by atoms with Crippen LogP contribution in [0.5, 0.6) is 0 Å². The van der Waals surface area contributed by atoms with Gasteiger partial charge < -0.3 is 4.74 Å². The fraction of sp³-hybridized carbons (Fsp3) is 0.667. The minimum atomic E-state index is -0.371. The van der Waals surface area contributed by atoms with Crippen LogP contribution in [0, 0.1) is 0 Å². The first-order valence-electron chi connectivity index (χ1n) is 6.42. The van der Waals surface area contributed by atoms with Crippen molar-refractivity contribution >= 4 is 23.5 Å². The minimum Gasteiger partial charge on any atom is -0.466 e. The van der Waals surface area contributed by atoms with Crippen LogP contribution < -0.4 is 5.69 Å². The molecule has 0 saturated heterocycles. The Kier molecular flexibility index (Phi) is 6.50. The Morgan fingerprint density at radius 3 is 2.70 bits per heavy atom. The van der Waals surface area contributed by atoms with E-state index in [2.05, 4.69) is 10.2 Å². The van der Waals surface area contributed by atoms with E-state index in [9.17, 15) is 14.4 Å². The molecule has 0 spiro atoms. The molecule has 1 heterocycles. The molecular weight excluding hydrogens is 282 g/mol. The molecule has 0 atom stereocenters. The number of rotatable bonds is 8. The fourth-order valence-corrected chi connectivity index (χ4v) is 2.52. The lowest BCUT2D eigenvalue weighted by atomic mass is 10.2. The Bertz CT molecular complexity index is 521. The van der Waals surface area contributed by atoms with Gasteiger partial charge in [0.25, 0.3) is 0 Å². The van der Waals surface area contributed by atoms with E-state index in [1.807, 2.05) is 13.8 Å². The molecule has 1 N–H and O–H groups in total. The van der Waals surface area contributed by atoms with Crippen molar-refractivity contribution in [1.29, 1.82) is 0 Å². The summed E-state index contributed by atoms with van der Waals surface area (Å²) in [6, 6.07) is -0.0293. The van der Waals surface area contributed by atoms with Gasteiger partial charge in [-0.3, -0.25) is 14.2 Å². The van der Waals surface area contributed by atoms with Gasteiger partial charge in [0.05, 0.1) is 18.8 Å². The molecule has 112 valence electrons. The van der Waals surface area contributed by atoms with E-state index in [1.54, 1.807) is 6.92 Å². The van der Waals surface area contributed by atoms with E-state index < -0.39 is 0 Å². The number of aromatic nitrogens is 3. The molecule has 0 radical (unpaired) electrons. The predicted octanol–water partition coefficient (Wildman–Crippen LogP) is 1.16. The van der Waals surface area contributed by atoms with Crippen molar-refractivity contribution in [3.05, 3.63) is 10.5 Å². The number of carbonyl (C=O) groups is 2. The summed E-state index contributed by atoms with van der Waals surface area (Å²) in [5.41, 5.74) is -0.290. The van der Waals surface area contributed by atoms with Crippen LogP contribution in [-0.2, 0) is 14.3 Å². The number of thioether (sulfide) groups is 1. The number of carbonyl (C=O) groups excluding carboxylic acids is 2. The van der Waals surface area contributed by atoms with Gasteiger partial charge in [-0.05, 0) is 20.8 Å². The summed E-state index contributed by atoms with van der Waals surface area (Å²) in [6.07, 6.45) is 0.229. The number of aromatic amines is 1. The highest BCUT2D eigenvalue weighted by atomic mass is 32.2. The Morgan fingerprint density at radius 2 is 2.10 bits per heavy atom. The van der Waals surface area contributed by atoms with Gasteiger partial charge in [-0.15, -0.1) is 5.10 Å². The average molecular weight is 301 g/mol. The lowest BCUT2D eigenvalue weighted by Gasteiger charge is -2.07. The number of Topliss-reactive ketones (excluding diaryl/α,β-unsaturated/α-hetero) is 1. The molecule has 0 fully saturated rings. The molecule has 0 saturated carbocycles. The molecule has 1 aromatic rings. The number of ketones is 1. The van der Waals surface area contributed by atoms with E-state index >= 15 is 0 Å². The molecule has 20 heavy (non-hydrogen) atoms. The number of hydrogen-bond donors (Lipinski definition) is 1. The van der Waals surface area contributed by atoms with Gasteiger partial charge in [-0.25, -0.2) is 9.89 Å². The Hall–Kier alpha value is -1.57. The van der Waals surface area contributed by atoms with Gasteiger partial charge in [-0.1, -0.05) is 11.8 Å². The van der Waals surface area contributed by atoms with Gasteiger partial charge in [0.1, 0.15) is 5.78 Å². The summed E-state index contributed by atoms with van der Waals surface area (Å²) < 4.78 is 6.24. The number of hydrogen-bond acceptors (Lipinski definition) is 6. The first-order valence-corrected chi connectivity index (χ1v) is 7.41. The Balaban J connectivity index is 2.46. The molecular formula is C12H19N3O4S. The van der Waals surface area contributed by atoms with Crippen LogP contribution in [0.3, 0.4) is 0 Å². The van der Waals surface area contributed by atoms with Crippen LogP contribution >= 0.6 is 11.8 Å². The first kappa shape index (κ1) is 16.5. The highest BCUT2D eigenvalue weighted by molar-refractivity contribution is 7.99. The third-order valence-corrected chi connectivity index (χ3v) is 3.48. The van der Waals surface area contributed by atoms with E-state index in [-0.39, 0.29) is 42.1 Å².